The summed E-state index contributed by atoms with van der Waals surface area (Å²) in [4.78, 5) is 18.0. The Kier molecular flexibility index (Phi) is 4.49. The predicted octanol–water partition coefficient (Wildman–Crippen LogP) is 4.24. The topological polar surface area (TPSA) is 58.4 Å². The van der Waals surface area contributed by atoms with Crippen molar-refractivity contribution < 1.29 is 23.1 Å². The molecule has 5 nitrogen and oxygen atoms in total. The third-order valence-corrected chi connectivity index (χ3v) is 5.08. The molecule has 4 rings (SSSR count). The maximum absolute atomic E-state index is 13.5. The molecule has 1 N–H and O–H groups in total. The molecule has 0 saturated carbocycles. The van der Waals surface area contributed by atoms with Crippen LogP contribution in [0, 0.1) is 0 Å². The lowest BCUT2D eigenvalue weighted by molar-refractivity contribution is -0.147. The van der Waals surface area contributed by atoms with Crippen LogP contribution in [-0.2, 0) is 6.18 Å². The highest BCUT2D eigenvalue weighted by molar-refractivity contribution is 5.94. The van der Waals surface area contributed by atoms with Crippen LogP contribution in [-0.4, -0.2) is 38.6 Å². The quantitative estimate of drug-likeness (QED) is 0.713. The highest BCUT2D eigenvalue weighted by Gasteiger charge is 2.40. The van der Waals surface area contributed by atoms with Crippen LogP contribution in [0.5, 0.6) is 5.75 Å². The van der Waals surface area contributed by atoms with Gasteiger partial charge in [-0.15, -0.1) is 0 Å². The van der Waals surface area contributed by atoms with Crippen molar-refractivity contribution in [2.45, 2.75) is 25.1 Å². The number of rotatable bonds is 2. The van der Waals surface area contributed by atoms with Gasteiger partial charge in [-0.05, 0) is 49.2 Å². The molecule has 0 radical (unpaired) electrons. The molecule has 0 aliphatic carbocycles. The molecule has 0 bridgehead atoms. The summed E-state index contributed by atoms with van der Waals surface area (Å²) in [6, 6.07) is 12.1. The number of fused-ring (bicyclic) bond motifs is 1. The zero-order chi connectivity index (χ0) is 19.9. The number of hydrogen-bond acceptors (Lipinski definition) is 3. The van der Waals surface area contributed by atoms with E-state index in [1.807, 2.05) is 0 Å². The summed E-state index contributed by atoms with van der Waals surface area (Å²) in [5.41, 5.74) is 1.22. The molecular formula is C20H18F3N3O2. The average molecular weight is 389 g/mol. The normalized spacial score (nSPS) is 15.9. The number of piperidine rings is 1. The van der Waals surface area contributed by atoms with Crippen LogP contribution in [0.25, 0.3) is 11.0 Å². The summed E-state index contributed by atoms with van der Waals surface area (Å²) in [5.74, 6) is -1.01. The van der Waals surface area contributed by atoms with Gasteiger partial charge in [0, 0.05) is 24.7 Å². The number of alkyl halides is 3. The summed E-state index contributed by atoms with van der Waals surface area (Å²) in [7, 11) is 0. The number of likely N-dealkylation sites (tertiary alicyclic amines) is 1. The zero-order valence-electron chi connectivity index (χ0n) is 14.9. The van der Waals surface area contributed by atoms with Gasteiger partial charge in [0.05, 0.1) is 11.0 Å². The molecule has 8 heteroatoms. The Balaban J connectivity index is 1.57. The molecule has 1 fully saturated rings. The van der Waals surface area contributed by atoms with Gasteiger partial charge in [-0.2, -0.15) is 13.2 Å². The van der Waals surface area contributed by atoms with E-state index in [-0.39, 0.29) is 17.7 Å². The van der Waals surface area contributed by atoms with Crippen molar-refractivity contribution in [2.75, 3.05) is 13.1 Å². The minimum Gasteiger partial charge on any atom is -0.508 e. The van der Waals surface area contributed by atoms with Gasteiger partial charge in [-0.1, -0.05) is 12.1 Å². The van der Waals surface area contributed by atoms with E-state index >= 15 is 0 Å². The number of carbonyl (C=O) groups excluding carboxylic acids is 1. The van der Waals surface area contributed by atoms with Crippen molar-refractivity contribution in [3.05, 3.63) is 59.9 Å². The van der Waals surface area contributed by atoms with Gasteiger partial charge in [0.15, 0.2) is 0 Å². The average Bonchev–Trinajstić information content (AvgIpc) is 3.08. The second kappa shape index (κ2) is 6.85. The first-order valence-electron chi connectivity index (χ1n) is 8.97. The Labute approximate surface area is 159 Å². The lowest BCUT2D eigenvalue weighted by atomic mass is 10.0. The molecular weight excluding hydrogens is 371 g/mol. The predicted molar refractivity (Wildman–Crippen MR) is 97.0 cm³/mol. The van der Waals surface area contributed by atoms with Crippen molar-refractivity contribution in [1.82, 2.24) is 14.5 Å². The fourth-order valence-electron chi connectivity index (χ4n) is 3.73. The van der Waals surface area contributed by atoms with Gasteiger partial charge >= 0.3 is 6.18 Å². The summed E-state index contributed by atoms with van der Waals surface area (Å²) in [5, 5.41) is 9.34. The van der Waals surface area contributed by atoms with Crippen molar-refractivity contribution in [1.29, 1.82) is 0 Å². The molecule has 1 saturated heterocycles. The van der Waals surface area contributed by atoms with Crippen LogP contribution in [0.2, 0.25) is 0 Å². The highest BCUT2D eigenvalue weighted by Crippen LogP contribution is 2.36. The van der Waals surface area contributed by atoms with E-state index in [1.54, 1.807) is 29.2 Å². The lowest BCUT2D eigenvalue weighted by Crippen LogP contribution is -2.39. The first-order chi connectivity index (χ1) is 13.3. The number of aromatic nitrogens is 2. The molecule has 1 aliphatic rings. The van der Waals surface area contributed by atoms with E-state index < -0.39 is 12.0 Å². The Hall–Kier alpha value is -3.03. The molecule has 146 valence electrons. The number of benzene rings is 2. The van der Waals surface area contributed by atoms with Crippen LogP contribution in [0.3, 0.4) is 0 Å². The fourth-order valence-corrected chi connectivity index (χ4v) is 3.73. The largest absolute Gasteiger partial charge is 0.508 e. The summed E-state index contributed by atoms with van der Waals surface area (Å²) >= 11 is 0. The maximum atomic E-state index is 13.5. The lowest BCUT2D eigenvalue weighted by Gasteiger charge is -2.33. The minimum atomic E-state index is -4.54. The molecule has 1 amide bonds. The monoisotopic (exact) mass is 389 g/mol. The standard InChI is InChI=1S/C20H18F3N3O2/c21-20(22,23)19-24-16-3-1-2-4-17(16)26(19)14-9-11-25(12-10-14)18(28)13-5-7-15(27)8-6-13/h1-8,14,27H,9-12H2. The SMILES string of the molecule is O=C(c1ccc(O)cc1)N1CCC(n2c(C(F)(F)F)nc3ccccc32)CC1. The Morgan fingerprint density at radius 3 is 2.32 bits per heavy atom. The van der Waals surface area contributed by atoms with Gasteiger partial charge in [-0.3, -0.25) is 4.79 Å². The van der Waals surface area contributed by atoms with E-state index in [1.165, 1.54) is 28.8 Å². The number of phenolic OH excluding ortho intramolecular Hbond substituents is 1. The molecule has 0 atom stereocenters. The number of amides is 1. The Bertz CT molecular complexity index is 1000. The van der Waals surface area contributed by atoms with E-state index in [4.69, 9.17) is 0 Å². The van der Waals surface area contributed by atoms with E-state index in [2.05, 4.69) is 4.98 Å². The van der Waals surface area contributed by atoms with Crippen LogP contribution < -0.4 is 0 Å². The van der Waals surface area contributed by atoms with Crippen LogP contribution in [0.4, 0.5) is 13.2 Å². The van der Waals surface area contributed by atoms with Crippen molar-refractivity contribution in [3.8, 4) is 5.75 Å². The van der Waals surface area contributed by atoms with E-state index in [0.29, 0.717) is 42.5 Å². The number of halogens is 3. The molecule has 3 aromatic rings. The fraction of sp³-hybridized carbons (Fsp3) is 0.300. The number of nitrogens with zero attached hydrogens (tertiary/aromatic N) is 3. The van der Waals surface area contributed by atoms with Crippen LogP contribution >= 0.6 is 0 Å². The number of para-hydroxylation sites is 2. The van der Waals surface area contributed by atoms with Gasteiger partial charge in [0.2, 0.25) is 5.82 Å². The Morgan fingerprint density at radius 1 is 1.04 bits per heavy atom. The smallest absolute Gasteiger partial charge is 0.449 e. The second-order valence-electron chi connectivity index (χ2n) is 6.86. The summed E-state index contributed by atoms with van der Waals surface area (Å²) in [6.45, 7) is 0.711. The molecule has 1 aromatic heterocycles. The van der Waals surface area contributed by atoms with E-state index in [0.717, 1.165) is 0 Å². The first kappa shape index (κ1) is 18.3. The van der Waals surface area contributed by atoms with Crippen LogP contribution in [0.15, 0.2) is 48.5 Å². The van der Waals surface area contributed by atoms with Gasteiger partial charge < -0.3 is 14.6 Å². The summed E-state index contributed by atoms with van der Waals surface area (Å²) < 4.78 is 41.9. The number of phenols is 1. The maximum Gasteiger partial charge on any atom is 0.449 e. The van der Waals surface area contributed by atoms with Gasteiger partial charge in [0.1, 0.15) is 5.75 Å². The number of aromatic hydroxyl groups is 1. The molecule has 0 unspecified atom stereocenters. The Morgan fingerprint density at radius 2 is 1.68 bits per heavy atom. The zero-order valence-corrected chi connectivity index (χ0v) is 14.9. The highest BCUT2D eigenvalue weighted by atomic mass is 19.4. The molecule has 2 heterocycles. The number of carbonyl (C=O) groups is 1. The van der Waals surface area contributed by atoms with Crippen molar-refractivity contribution in [2.24, 2.45) is 0 Å². The third-order valence-electron chi connectivity index (χ3n) is 5.08. The van der Waals surface area contributed by atoms with E-state index in [9.17, 15) is 23.1 Å². The van der Waals surface area contributed by atoms with Gasteiger partial charge in [-0.25, -0.2) is 4.98 Å². The minimum absolute atomic E-state index is 0.0712. The first-order valence-corrected chi connectivity index (χ1v) is 8.97. The third kappa shape index (κ3) is 3.30. The molecule has 1 aliphatic heterocycles. The second-order valence-corrected chi connectivity index (χ2v) is 6.86. The number of imidazole rings is 1. The molecule has 2 aromatic carbocycles. The van der Waals surface area contributed by atoms with Gasteiger partial charge in [0.25, 0.3) is 5.91 Å². The summed E-state index contributed by atoms with van der Waals surface area (Å²) in [6.07, 6.45) is -3.72. The number of hydrogen-bond donors (Lipinski definition) is 1. The van der Waals surface area contributed by atoms with Crippen molar-refractivity contribution in [3.63, 3.8) is 0 Å². The van der Waals surface area contributed by atoms with Crippen molar-refractivity contribution >= 4 is 16.9 Å². The molecule has 0 spiro atoms. The molecule has 28 heavy (non-hydrogen) atoms. The van der Waals surface area contributed by atoms with Crippen LogP contribution in [0.1, 0.15) is 35.1 Å².